The highest BCUT2D eigenvalue weighted by atomic mass is 16.5. The van der Waals surface area contributed by atoms with E-state index in [1.807, 2.05) is 24.4 Å². The molecule has 1 aromatic carbocycles. The molecule has 0 unspecified atom stereocenters. The summed E-state index contributed by atoms with van der Waals surface area (Å²) in [7, 11) is 0. The van der Waals surface area contributed by atoms with Crippen molar-refractivity contribution in [2.75, 3.05) is 13.2 Å². The quantitative estimate of drug-likeness (QED) is 0.767. The molecule has 0 spiro atoms. The lowest BCUT2D eigenvalue weighted by atomic mass is 9.94. The van der Waals surface area contributed by atoms with Crippen LogP contribution in [0.4, 0.5) is 0 Å². The fourth-order valence-corrected chi connectivity index (χ4v) is 3.43. The second kappa shape index (κ2) is 7.77. The van der Waals surface area contributed by atoms with Gasteiger partial charge >= 0.3 is 0 Å². The highest BCUT2D eigenvalue weighted by Gasteiger charge is 2.35. The molecule has 24 heavy (non-hydrogen) atoms. The molecule has 128 valence electrons. The van der Waals surface area contributed by atoms with Crippen LogP contribution in [0.5, 0.6) is 5.75 Å². The van der Waals surface area contributed by atoms with Gasteiger partial charge in [0.05, 0.1) is 13.2 Å². The molecular formula is C20H26N2O2. The maximum Gasteiger partial charge on any atom is 0.119 e. The van der Waals surface area contributed by atoms with Crippen LogP contribution in [0, 0.1) is 0 Å². The lowest BCUT2D eigenvalue weighted by Gasteiger charge is -2.21. The molecule has 0 amide bonds. The highest BCUT2D eigenvalue weighted by molar-refractivity contribution is 5.30. The molecule has 0 saturated heterocycles. The van der Waals surface area contributed by atoms with Crippen molar-refractivity contribution < 1.29 is 9.84 Å². The smallest absolute Gasteiger partial charge is 0.119 e. The first-order valence-corrected chi connectivity index (χ1v) is 8.70. The number of hydrogen-bond acceptors (Lipinski definition) is 4. The zero-order valence-corrected chi connectivity index (χ0v) is 14.0. The summed E-state index contributed by atoms with van der Waals surface area (Å²) in [4.78, 5) is 4.12. The standard InChI is InChI=1S/C20H26N2O2/c21-20(15-23)10-9-18(13-20)17-5-7-19(8-6-17)24-12-2-4-16-3-1-11-22-14-16/h1,3,5-8,11,14,18,23H,2,4,9-10,12-13,15,21H2/t18-,20+/m1/s1. The van der Waals surface area contributed by atoms with Crippen molar-refractivity contribution in [1.82, 2.24) is 4.98 Å². The van der Waals surface area contributed by atoms with E-state index in [0.717, 1.165) is 37.9 Å². The molecule has 0 bridgehead atoms. The van der Waals surface area contributed by atoms with E-state index in [1.165, 1.54) is 11.1 Å². The molecule has 2 aromatic rings. The first kappa shape index (κ1) is 16.9. The summed E-state index contributed by atoms with van der Waals surface area (Å²) in [6, 6.07) is 12.4. The SMILES string of the molecule is N[C@@]1(CO)CC[C@@H](c2ccc(OCCCc3cccnc3)cc2)C1. The average Bonchev–Trinajstić information content (AvgIpc) is 3.03. The molecule has 1 aliphatic carbocycles. The molecule has 0 radical (unpaired) electrons. The van der Waals surface area contributed by atoms with Gasteiger partial charge in [0, 0.05) is 17.9 Å². The van der Waals surface area contributed by atoms with Gasteiger partial charge in [0.2, 0.25) is 0 Å². The molecule has 1 heterocycles. The summed E-state index contributed by atoms with van der Waals surface area (Å²) in [5, 5.41) is 9.39. The highest BCUT2D eigenvalue weighted by Crippen LogP contribution is 2.39. The van der Waals surface area contributed by atoms with Crippen LogP contribution in [0.1, 0.15) is 42.7 Å². The van der Waals surface area contributed by atoms with E-state index in [9.17, 15) is 5.11 Å². The number of ether oxygens (including phenoxy) is 1. The van der Waals surface area contributed by atoms with E-state index in [4.69, 9.17) is 10.5 Å². The monoisotopic (exact) mass is 326 g/mol. The van der Waals surface area contributed by atoms with Crippen LogP contribution in [0.2, 0.25) is 0 Å². The van der Waals surface area contributed by atoms with Crippen molar-refractivity contribution >= 4 is 0 Å². The number of aliphatic hydroxyl groups is 1. The largest absolute Gasteiger partial charge is 0.494 e. The van der Waals surface area contributed by atoms with Gasteiger partial charge in [0.1, 0.15) is 5.75 Å². The number of aromatic nitrogens is 1. The van der Waals surface area contributed by atoms with E-state index in [-0.39, 0.29) is 6.61 Å². The molecular weight excluding hydrogens is 300 g/mol. The predicted octanol–water partition coefficient (Wildman–Crippen LogP) is 3.05. The third-order valence-electron chi connectivity index (χ3n) is 4.91. The Morgan fingerprint density at radius 1 is 1.25 bits per heavy atom. The van der Waals surface area contributed by atoms with Crippen LogP contribution < -0.4 is 10.5 Å². The number of aliphatic hydroxyl groups excluding tert-OH is 1. The summed E-state index contributed by atoms with van der Waals surface area (Å²) in [6.07, 6.45) is 8.44. The Labute approximate surface area is 143 Å². The van der Waals surface area contributed by atoms with Crippen molar-refractivity contribution in [2.24, 2.45) is 5.73 Å². The van der Waals surface area contributed by atoms with Gasteiger partial charge in [-0.25, -0.2) is 0 Å². The van der Waals surface area contributed by atoms with Crippen LogP contribution >= 0.6 is 0 Å². The third kappa shape index (κ3) is 4.34. The molecule has 4 nitrogen and oxygen atoms in total. The van der Waals surface area contributed by atoms with Gasteiger partial charge in [-0.15, -0.1) is 0 Å². The lowest BCUT2D eigenvalue weighted by molar-refractivity contribution is 0.198. The Balaban J connectivity index is 1.45. The second-order valence-corrected chi connectivity index (χ2v) is 6.84. The number of benzene rings is 1. The van der Waals surface area contributed by atoms with Crippen molar-refractivity contribution in [3.63, 3.8) is 0 Å². The van der Waals surface area contributed by atoms with Gasteiger partial charge in [-0.05, 0) is 67.3 Å². The normalized spacial score (nSPS) is 23.3. The number of hydrogen-bond donors (Lipinski definition) is 2. The topological polar surface area (TPSA) is 68.4 Å². The number of nitrogens with two attached hydrogens (primary N) is 1. The Kier molecular flexibility index (Phi) is 5.48. The molecule has 1 saturated carbocycles. The average molecular weight is 326 g/mol. The maximum absolute atomic E-state index is 9.39. The molecule has 2 atom stereocenters. The number of pyridine rings is 1. The Morgan fingerprint density at radius 2 is 2.08 bits per heavy atom. The fraction of sp³-hybridized carbons (Fsp3) is 0.450. The fourth-order valence-electron chi connectivity index (χ4n) is 3.43. The van der Waals surface area contributed by atoms with E-state index in [0.29, 0.717) is 12.5 Å². The van der Waals surface area contributed by atoms with Crippen molar-refractivity contribution in [3.8, 4) is 5.75 Å². The number of aryl methyl sites for hydroxylation is 1. The third-order valence-corrected chi connectivity index (χ3v) is 4.91. The summed E-state index contributed by atoms with van der Waals surface area (Å²) >= 11 is 0. The molecule has 1 aliphatic rings. The lowest BCUT2D eigenvalue weighted by Crippen LogP contribution is -2.40. The summed E-state index contributed by atoms with van der Waals surface area (Å²) in [6.45, 7) is 0.774. The maximum atomic E-state index is 9.39. The van der Waals surface area contributed by atoms with Gasteiger partial charge in [0.15, 0.2) is 0 Å². The minimum atomic E-state index is -0.397. The molecule has 0 aliphatic heterocycles. The minimum absolute atomic E-state index is 0.0711. The number of nitrogens with zero attached hydrogens (tertiary/aromatic N) is 1. The molecule has 1 fully saturated rings. The van der Waals surface area contributed by atoms with Crippen LogP contribution in [-0.2, 0) is 6.42 Å². The summed E-state index contributed by atoms with van der Waals surface area (Å²) in [5.74, 6) is 1.35. The van der Waals surface area contributed by atoms with Crippen LogP contribution in [0.3, 0.4) is 0 Å². The van der Waals surface area contributed by atoms with Gasteiger partial charge < -0.3 is 15.6 Å². The van der Waals surface area contributed by atoms with Crippen LogP contribution in [-0.4, -0.2) is 28.8 Å². The molecule has 1 aromatic heterocycles. The van der Waals surface area contributed by atoms with Crippen molar-refractivity contribution in [3.05, 3.63) is 59.9 Å². The van der Waals surface area contributed by atoms with E-state index in [1.54, 1.807) is 6.20 Å². The molecule has 4 heteroatoms. The Morgan fingerprint density at radius 3 is 2.75 bits per heavy atom. The Hall–Kier alpha value is -1.91. The van der Waals surface area contributed by atoms with Gasteiger partial charge in [-0.3, -0.25) is 4.98 Å². The van der Waals surface area contributed by atoms with Gasteiger partial charge in [-0.1, -0.05) is 18.2 Å². The van der Waals surface area contributed by atoms with E-state index < -0.39 is 5.54 Å². The summed E-state index contributed by atoms with van der Waals surface area (Å²) in [5.41, 5.74) is 8.30. The van der Waals surface area contributed by atoms with Gasteiger partial charge in [0.25, 0.3) is 0 Å². The van der Waals surface area contributed by atoms with E-state index >= 15 is 0 Å². The first-order valence-electron chi connectivity index (χ1n) is 8.70. The predicted molar refractivity (Wildman–Crippen MR) is 95.1 cm³/mol. The Bertz CT molecular complexity index is 630. The summed E-state index contributed by atoms with van der Waals surface area (Å²) < 4.78 is 5.82. The zero-order valence-electron chi connectivity index (χ0n) is 14.0. The van der Waals surface area contributed by atoms with Crippen LogP contribution in [0.25, 0.3) is 0 Å². The molecule has 3 rings (SSSR count). The van der Waals surface area contributed by atoms with Crippen LogP contribution in [0.15, 0.2) is 48.8 Å². The number of rotatable bonds is 7. The van der Waals surface area contributed by atoms with Gasteiger partial charge in [-0.2, -0.15) is 0 Å². The zero-order chi connectivity index (χ0) is 16.8. The van der Waals surface area contributed by atoms with E-state index in [2.05, 4.69) is 23.2 Å². The second-order valence-electron chi connectivity index (χ2n) is 6.84. The molecule has 3 N–H and O–H groups in total. The van der Waals surface area contributed by atoms with Crippen molar-refractivity contribution in [1.29, 1.82) is 0 Å². The minimum Gasteiger partial charge on any atom is -0.494 e. The van der Waals surface area contributed by atoms with Crippen molar-refractivity contribution in [2.45, 2.75) is 43.6 Å². The first-order chi connectivity index (χ1) is 11.7.